The zero-order valence-corrected chi connectivity index (χ0v) is 12.1. The minimum Gasteiger partial charge on any atom is -0.399 e. The highest BCUT2D eigenvalue weighted by molar-refractivity contribution is 5.92. The molecular weight excluding hydrogens is 252 g/mol. The molecule has 1 saturated carbocycles. The average molecular weight is 274 g/mol. The molecule has 0 bridgehead atoms. The molecular formula is C16H22N2O2. The van der Waals surface area contributed by atoms with Crippen molar-refractivity contribution < 1.29 is 9.53 Å². The predicted octanol–water partition coefficient (Wildman–Crippen LogP) is 1.98. The first-order chi connectivity index (χ1) is 9.46. The van der Waals surface area contributed by atoms with Gasteiger partial charge in [0.2, 0.25) is 5.91 Å². The summed E-state index contributed by atoms with van der Waals surface area (Å²) in [4.78, 5) is 12.7. The van der Waals surface area contributed by atoms with Crippen molar-refractivity contribution in [2.75, 3.05) is 12.3 Å². The van der Waals surface area contributed by atoms with Crippen LogP contribution in [0.4, 0.5) is 5.69 Å². The molecule has 3 N–H and O–H groups in total. The third-order valence-electron chi connectivity index (χ3n) is 4.93. The van der Waals surface area contributed by atoms with Gasteiger partial charge in [0.05, 0.1) is 17.1 Å². The Labute approximate surface area is 119 Å². The summed E-state index contributed by atoms with van der Waals surface area (Å²) < 4.78 is 5.59. The van der Waals surface area contributed by atoms with E-state index in [0.29, 0.717) is 6.61 Å². The summed E-state index contributed by atoms with van der Waals surface area (Å²) in [5, 5.41) is 3.23. The maximum atomic E-state index is 12.7. The molecule has 0 radical (unpaired) electrons. The Hall–Kier alpha value is -1.55. The Morgan fingerprint density at radius 3 is 2.45 bits per heavy atom. The predicted molar refractivity (Wildman–Crippen MR) is 78.3 cm³/mol. The molecule has 1 aliphatic carbocycles. The number of anilines is 1. The van der Waals surface area contributed by atoms with Gasteiger partial charge in [0.25, 0.3) is 0 Å². The number of nitrogens with one attached hydrogen (secondary N) is 1. The summed E-state index contributed by atoms with van der Waals surface area (Å²) in [6.45, 7) is 4.81. The number of rotatable bonds is 3. The molecule has 1 heterocycles. The number of carbonyl (C=O) groups is 1. The van der Waals surface area contributed by atoms with E-state index in [-0.39, 0.29) is 23.0 Å². The summed E-state index contributed by atoms with van der Waals surface area (Å²) in [6.07, 6.45) is 2.76. The topological polar surface area (TPSA) is 64.3 Å². The van der Waals surface area contributed by atoms with Gasteiger partial charge in [-0.25, -0.2) is 0 Å². The van der Waals surface area contributed by atoms with Crippen LogP contribution in [0.2, 0.25) is 0 Å². The van der Waals surface area contributed by atoms with E-state index in [1.807, 2.05) is 31.2 Å². The van der Waals surface area contributed by atoms with Gasteiger partial charge in [-0.05, 0) is 50.8 Å². The van der Waals surface area contributed by atoms with Crippen molar-refractivity contribution in [2.45, 2.75) is 50.2 Å². The number of hydrogen-bond donors (Lipinski definition) is 2. The van der Waals surface area contributed by atoms with Crippen molar-refractivity contribution in [2.24, 2.45) is 0 Å². The lowest BCUT2D eigenvalue weighted by Crippen LogP contribution is -2.53. The van der Waals surface area contributed by atoms with E-state index in [9.17, 15) is 4.79 Å². The molecule has 4 nitrogen and oxygen atoms in total. The van der Waals surface area contributed by atoms with Gasteiger partial charge < -0.3 is 15.8 Å². The molecule has 0 spiro atoms. The fraction of sp³-hybridized carbons (Fsp3) is 0.562. The quantitative estimate of drug-likeness (QED) is 0.828. The van der Waals surface area contributed by atoms with Crippen LogP contribution in [0.5, 0.6) is 0 Å². The molecule has 2 unspecified atom stereocenters. The highest BCUT2D eigenvalue weighted by Crippen LogP contribution is 2.49. The second-order valence-electron chi connectivity index (χ2n) is 6.34. The Bertz CT molecular complexity index is 522. The Morgan fingerprint density at radius 2 is 1.95 bits per heavy atom. The fourth-order valence-corrected chi connectivity index (χ4v) is 2.95. The lowest BCUT2D eigenvalue weighted by atomic mass is 9.90. The van der Waals surface area contributed by atoms with Crippen LogP contribution in [-0.4, -0.2) is 24.2 Å². The van der Waals surface area contributed by atoms with Crippen molar-refractivity contribution in [1.82, 2.24) is 5.32 Å². The molecule has 4 heteroatoms. The van der Waals surface area contributed by atoms with Crippen LogP contribution in [0, 0.1) is 0 Å². The monoisotopic (exact) mass is 274 g/mol. The fourth-order valence-electron chi connectivity index (χ4n) is 2.95. The van der Waals surface area contributed by atoms with Gasteiger partial charge in [-0.2, -0.15) is 0 Å². The molecule has 0 aromatic heterocycles. The van der Waals surface area contributed by atoms with E-state index in [4.69, 9.17) is 10.5 Å². The zero-order chi connectivity index (χ0) is 14.4. The Morgan fingerprint density at radius 1 is 1.30 bits per heavy atom. The van der Waals surface area contributed by atoms with Gasteiger partial charge in [0.15, 0.2) is 0 Å². The Kier molecular flexibility index (Phi) is 3.01. The highest BCUT2D eigenvalue weighted by atomic mass is 16.5. The molecule has 1 aliphatic heterocycles. The maximum absolute atomic E-state index is 12.7. The largest absolute Gasteiger partial charge is 0.399 e. The van der Waals surface area contributed by atoms with E-state index in [1.54, 1.807) is 0 Å². The van der Waals surface area contributed by atoms with Crippen LogP contribution < -0.4 is 11.1 Å². The number of carbonyl (C=O) groups excluding carboxylic acids is 1. The standard InChI is InChI=1S/C16H22N2O2/c1-11-15(2,9-10-20-11)18-14(19)16(7-8-16)12-3-5-13(17)6-4-12/h3-6,11H,7-10,17H2,1-2H3,(H,18,19). The number of benzene rings is 1. The first kappa shape index (κ1) is 13.4. The van der Waals surface area contributed by atoms with Crippen molar-refractivity contribution in [3.63, 3.8) is 0 Å². The smallest absolute Gasteiger partial charge is 0.231 e. The molecule has 3 rings (SSSR count). The van der Waals surface area contributed by atoms with Crippen LogP contribution in [0.15, 0.2) is 24.3 Å². The first-order valence-electron chi connectivity index (χ1n) is 7.27. The molecule has 108 valence electrons. The first-order valence-corrected chi connectivity index (χ1v) is 7.27. The van der Waals surface area contributed by atoms with Gasteiger partial charge in [-0.3, -0.25) is 4.79 Å². The van der Waals surface area contributed by atoms with Gasteiger partial charge in [-0.15, -0.1) is 0 Å². The molecule has 1 saturated heterocycles. The van der Waals surface area contributed by atoms with E-state index < -0.39 is 0 Å². The summed E-state index contributed by atoms with van der Waals surface area (Å²) in [5.41, 5.74) is 6.92. The van der Waals surface area contributed by atoms with Gasteiger partial charge >= 0.3 is 0 Å². The molecule has 1 amide bonds. The highest BCUT2D eigenvalue weighted by Gasteiger charge is 2.53. The number of nitrogens with two attached hydrogens (primary N) is 1. The second kappa shape index (κ2) is 4.48. The van der Waals surface area contributed by atoms with E-state index >= 15 is 0 Å². The maximum Gasteiger partial charge on any atom is 0.231 e. The van der Waals surface area contributed by atoms with Gasteiger partial charge in [-0.1, -0.05) is 12.1 Å². The number of nitrogen functional groups attached to an aromatic ring is 1. The number of amides is 1. The average Bonchev–Trinajstić information content (AvgIpc) is 3.15. The van der Waals surface area contributed by atoms with Crippen molar-refractivity contribution >= 4 is 11.6 Å². The molecule has 20 heavy (non-hydrogen) atoms. The van der Waals surface area contributed by atoms with E-state index in [2.05, 4.69) is 12.2 Å². The SMILES string of the molecule is CC1OCCC1(C)NC(=O)C1(c2ccc(N)cc2)CC1. The Balaban J connectivity index is 1.78. The van der Waals surface area contributed by atoms with Gasteiger partial charge in [0, 0.05) is 12.3 Å². The zero-order valence-electron chi connectivity index (χ0n) is 12.1. The van der Waals surface area contributed by atoms with Crippen LogP contribution in [-0.2, 0) is 14.9 Å². The summed E-state index contributed by atoms with van der Waals surface area (Å²) in [7, 11) is 0. The minimum atomic E-state index is -0.348. The second-order valence-corrected chi connectivity index (χ2v) is 6.34. The summed E-state index contributed by atoms with van der Waals surface area (Å²) in [5.74, 6) is 0.127. The lowest BCUT2D eigenvalue weighted by Gasteiger charge is -2.31. The normalized spacial score (nSPS) is 31.0. The molecule has 1 aromatic carbocycles. The summed E-state index contributed by atoms with van der Waals surface area (Å²) in [6, 6.07) is 7.68. The van der Waals surface area contributed by atoms with Crippen LogP contribution in [0.25, 0.3) is 0 Å². The minimum absolute atomic E-state index is 0.0636. The summed E-state index contributed by atoms with van der Waals surface area (Å²) >= 11 is 0. The van der Waals surface area contributed by atoms with Crippen molar-refractivity contribution in [3.05, 3.63) is 29.8 Å². The molecule has 2 aliphatic rings. The molecule has 2 fully saturated rings. The van der Waals surface area contributed by atoms with Crippen molar-refractivity contribution in [3.8, 4) is 0 Å². The van der Waals surface area contributed by atoms with Gasteiger partial charge in [0.1, 0.15) is 0 Å². The molecule has 2 atom stereocenters. The van der Waals surface area contributed by atoms with E-state index in [1.165, 1.54) is 0 Å². The van der Waals surface area contributed by atoms with E-state index in [0.717, 1.165) is 30.5 Å². The van der Waals surface area contributed by atoms with Crippen LogP contribution >= 0.6 is 0 Å². The third kappa shape index (κ3) is 2.08. The third-order valence-corrected chi connectivity index (χ3v) is 4.93. The van der Waals surface area contributed by atoms with Crippen LogP contribution in [0.3, 0.4) is 0 Å². The van der Waals surface area contributed by atoms with Crippen molar-refractivity contribution in [1.29, 1.82) is 0 Å². The van der Waals surface area contributed by atoms with Crippen LogP contribution in [0.1, 0.15) is 38.7 Å². The number of hydrogen-bond acceptors (Lipinski definition) is 3. The molecule has 1 aromatic rings. The lowest BCUT2D eigenvalue weighted by molar-refractivity contribution is -0.126. The number of ether oxygens (including phenoxy) is 1.